The molecule has 86 valence electrons. The number of hydrogen-bond donors (Lipinski definition) is 2. The van der Waals surface area contributed by atoms with E-state index < -0.39 is 5.97 Å². The van der Waals surface area contributed by atoms with E-state index in [2.05, 4.69) is 9.98 Å². The van der Waals surface area contributed by atoms with Gasteiger partial charge in [-0.05, 0) is 6.07 Å². The van der Waals surface area contributed by atoms with Crippen LogP contribution in [0.1, 0.15) is 6.92 Å². The fraction of sp³-hybridized carbons (Fsp3) is 0.0833. The van der Waals surface area contributed by atoms with Crippen LogP contribution in [-0.4, -0.2) is 22.0 Å². The standard InChI is InChI=1S/C10H6N2O.C2H4O2/c13-9-5-7-6-3-1-2-4-8(6)11-10(7)12-9;1-2(3)4/h1-5H,(H,11,12,13);1H3,(H,3,4). The van der Waals surface area contributed by atoms with Gasteiger partial charge in [0.25, 0.3) is 11.9 Å². The monoisotopic (exact) mass is 230 g/mol. The second-order valence-electron chi connectivity index (χ2n) is 3.55. The highest BCUT2D eigenvalue weighted by Crippen LogP contribution is 2.04. The molecule has 1 aromatic heterocycles. The van der Waals surface area contributed by atoms with Crippen LogP contribution < -0.4 is 10.7 Å². The van der Waals surface area contributed by atoms with Crippen molar-refractivity contribution in [3.8, 4) is 0 Å². The number of aromatic nitrogens is 1. The number of carbonyl (C=O) groups excluding carboxylic acids is 1. The number of hydrogen-bond acceptors (Lipinski definition) is 2. The highest BCUT2D eigenvalue weighted by atomic mass is 16.4. The fourth-order valence-electron chi connectivity index (χ4n) is 1.65. The van der Waals surface area contributed by atoms with E-state index in [0.717, 1.165) is 23.0 Å². The first-order valence-corrected chi connectivity index (χ1v) is 4.98. The van der Waals surface area contributed by atoms with Crippen molar-refractivity contribution >= 4 is 28.9 Å². The van der Waals surface area contributed by atoms with Crippen molar-refractivity contribution in [2.24, 2.45) is 4.99 Å². The minimum atomic E-state index is -0.833. The summed E-state index contributed by atoms with van der Waals surface area (Å²) in [5, 5.41) is 9.40. The lowest BCUT2D eigenvalue weighted by atomic mass is 10.2. The molecule has 0 spiro atoms. The summed E-state index contributed by atoms with van der Waals surface area (Å²) in [5.74, 6) is -1.01. The highest BCUT2D eigenvalue weighted by molar-refractivity contribution is 6.08. The molecule has 0 atom stereocenters. The van der Waals surface area contributed by atoms with E-state index in [-0.39, 0.29) is 5.91 Å². The van der Waals surface area contributed by atoms with E-state index in [1.165, 1.54) is 0 Å². The van der Waals surface area contributed by atoms with Gasteiger partial charge >= 0.3 is 0 Å². The minimum Gasteiger partial charge on any atom is -0.481 e. The molecular formula is C12H10N2O3. The highest BCUT2D eigenvalue weighted by Gasteiger charge is 2.07. The maximum absolute atomic E-state index is 11.0. The number of carbonyl (C=O) groups is 2. The van der Waals surface area contributed by atoms with Crippen molar-refractivity contribution in [3.63, 3.8) is 0 Å². The molecule has 1 aliphatic heterocycles. The molecule has 1 aromatic carbocycles. The number of nitrogens with zero attached hydrogens (tertiary/aromatic N) is 1. The lowest BCUT2D eigenvalue weighted by Crippen LogP contribution is -2.18. The number of amides is 1. The van der Waals surface area contributed by atoms with E-state index in [1.54, 1.807) is 6.08 Å². The zero-order chi connectivity index (χ0) is 12.4. The number of carboxylic acid groups (broad SMARTS) is 1. The van der Waals surface area contributed by atoms with Gasteiger partial charge in [0.1, 0.15) is 5.49 Å². The Labute approximate surface area is 96.1 Å². The van der Waals surface area contributed by atoms with Crippen molar-refractivity contribution in [1.82, 2.24) is 4.98 Å². The average molecular weight is 230 g/mol. The van der Waals surface area contributed by atoms with E-state index in [0.29, 0.717) is 5.49 Å². The molecule has 2 N–H and O–H groups in total. The molecule has 2 heterocycles. The first-order chi connectivity index (χ1) is 8.08. The summed E-state index contributed by atoms with van der Waals surface area (Å²) in [5.41, 5.74) is 1.71. The number of aliphatic carboxylic acids is 1. The average Bonchev–Trinajstić information content (AvgIpc) is 2.72. The smallest absolute Gasteiger partial charge is 0.300 e. The molecule has 0 saturated heterocycles. The summed E-state index contributed by atoms with van der Waals surface area (Å²) in [4.78, 5) is 26.9. The van der Waals surface area contributed by atoms with Gasteiger partial charge in [0.15, 0.2) is 0 Å². The van der Waals surface area contributed by atoms with E-state index in [1.807, 2.05) is 24.3 Å². The molecule has 3 rings (SSSR count). The molecule has 1 amide bonds. The Morgan fingerprint density at radius 3 is 2.71 bits per heavy atom. The molecule has 0 bridgehead atoms. The van der Waals surface area contributed by atoms with E-state index in [4.69, 9.17) is 9.90 Å². The zero-order valence-corrected chi connectivity index (χ0v) is 9.10. The molecule has 0 unspecified atom stereocenters. The van der Waals surface area contributed by atoms with Crippen LogP contribution in [0.5, 0.6) is 0 Å². The Kier molecular flexibility index (Phi) is 2.74. The van der Waals surface area contributed by atoms with Gasteiger partial charge in [-0.15, -0.1) is 0 Å². The first-order valence-electron chi connectivity index (χ1n) is 4.98. The third kappa shape index (κ3) is 2.23. The van der Waals surface area contributed by atoms with Crippen molar-refractivity contribution < 1.29 is 14.7 Å². The van der Waals surface area contributed by atoms with Gasteiger partial charge in [-0.2, -0.15) is 4.99 Å². The molecular weight excluding hydrogens is 220 g/mol. The Bertz CT molecular complexity index is 709. The number of para-hydroxylation sites is 1. The fourth-order valence-corrected chi connectivity index (χ4v) is 1.65. The van der Waals surface area contributed by atoms with E-state index in [9.17, 15) is 4.79 Å². The van der Waals surface area contributed by atoms with Crippen LogP contribution in [0.3, 0.4) is 0 Å². The van der Waals surface area contributed by atoms with Crippen molar-refractivity contribution in [2.45, 2.75) is 6.92 Å². The predicted molar refractivity (Wildman–Crippen MR) is 61.9 cm³/mol. The molecule has 0 saturated carbocycles. The topological polar surface area (TPSA) is 82.5 Å². The van der Waals surface area contributed by atoms with Crippen LogP contribution in [0, 0.1) is 0 Å². The summed E-state index contributed by atoms with van der Waals surface area (Å²) in [6, 6.07) is 7.86. The minimum absolute atomic E-state index is 0.174. The van der Waals surface area contributed by atoms with Crippen LogP contribution in [0.15, 0.2) is 29.3 Å². The quantitative estimate of drug-likeness (QED) is 0.678. The molecule has 5 heteroatoms. The predicted octanol–water partition coefficient (Wildman–Crippen LogP) is 0.199. The van der Waals surface area contributed by atoms with Crippen molar-refractivity contribution in [1.29, 1.82) is 0 Å². The summed E-state index contributed by atoms with van der Waals surface area (Å²) >= 11 is 0. The van der Waals surface area contributed by atoms with Gasteiger partial charge < -0.3 is 10.1 Å². The van der Waals surface area contributed by atoms with Crippen LogP contribution in [0.2, 0.25) is 0 Å². The number of nitrogens with one attached hydrogen (secondary N) is 1. The van der Waals surface area contributed by atoms with Gasteiger partial charge in [-0.3, -0.25) is 9.59 Å². The largest absolute Gasteiger partial charge is 0.481 e. The molecule has 5 nitrogen and oxygen atoms in total. The van der Waals surface area contributed by atoms with Gasteiger partial charge in [0.2, 0.25) is 0 Å². The number of H-pyrrole nitrogens is 1. The third-order valence-electron chi connectivity index (χ3n) is 2.22. The number of fused-ring (bicyclic) bond motifs is 3. The second-order valence-corrected chi connectivity index (χ2v) is 3.55. The molecule has 0 fully saturated rings. The van der Waals surface area contributed by atoms with Gasteiger partial charge in [0.05, 0.1) is 0 Å². The van der Waals surface area contributed by atoms with Gasteiger partial charge in [-0.1, -0.05) is 18.2 Å². The molecule has 0 aliphatic carbocycles. The maximum atomic E-state index is 11.0. The first kappa shape index (κ1) is 11.1. The van der Waals surface area contributed by atoms with Crippen molar-refractivity contribution in [2.75, 3.05) is 0 Å². The summed E-state index contributed by atoms with van der Waals surface area (Å²) in [7, 11) is 0. The second kappa shape index (κ2) is 4.21. The maximum Gasteiger partial charge on any atom is 0.300 e. The Morgan fingerprint density at radius 2 is 2.00 bits per heavy atom. The number of carboxylic acids is 1. The Hall–Kier alpha value is -2.43. The van der Waals surface area contributed by atoms with Gasteiger partial charge in [-0.25, -0.2) is 0 Å². The Morgan fingerprint density at radius 1 is 1.35 bits per heavy atom. The zero-order valence-electron chi connectivity index (χ0n) is 9.10. The van der Waals surface area contributed by atoms with Crippen LogP contribution in [0.25, 0.3) is 17.0 Å². The van der Waals surface area contributed by atoms with Crippen LogP contribution in [0.4, 0.5) is 0 Å². The lowest BCUT2D eigenvalue weighted by Gasteiger charge is -1.85. The molecule has 17 heavy (non-hydrogen) atoms. The summed E-state index contributed by atoms with van der Waals surface area (Å²) in [6.07, 6.45) is 1.56. The summed E-state index contributed by atoms with van der Waals surface area (Å²) < 4.78 is 0. The molecule has 0 radical (unpaired) electrons. The Balaban J connectivity index is 0.000000239. The van der Waals surface area contributed by atoms with E-state index >= 15 is 0 Å². The molecule has 2 aromatic rings. The lowest BCUT2D eigenvalue weighted by molar-refractivity contribution is -0.134. The third-order valence-corrected chi connectivity index (χ3v) is 2.22. The number of rotatable bonds is 0. The molecule has 1 aliphatic rings. The van der Waals surface area contributed by atoms with Crippen LogP contribution >= 0.6 is 0 Å². The van der Waals surface area contributed by atoms with Crippen molar-refractivity contribution in [3.05, 3.63) is 35.0 Å². The summed E-state index contributed by atoms with van der Waals surface area (Å²) in [6.45, 7) is 1.08. The van der Waals surface area contributed by atoms with Gasteiger partial charge in [0, 0.05) is 29.1 Å². The number of aromatic amines is 1. The SMILES string of the molecule is CC(=O)O.O=C1C=c2c([nH]c3ccccc23)=N1. The van der Waals surface area contributed by atoms with Crippen LogP contribution in [-0.2, 0) is 9.59 Å². The number of benzene rings is 1. The normalized spacial score (nSPS) is 12.2.